The highest BCUT2D eigenvalue weighted by atomic mass is 32.2. The van der Waals surface area contributed by atoms with Crippen molar-refractivity contribution in [2.45, 2.75) is 19.6 Å². The van der Waals surface area contributed by atoms with E-state index in [4.69, 9.17) is 9.47 Å². The molecule has 0 aliphatic heterocycles. The van der Waals surface area contributed by atoms with E-state index in [1.807, 2.05) is 91.0 Å². The Hall–Kier alpha value is -4.30. The van der Waals surface area contributed by atoms with Gasteiger partial charge in [-0.15, -0.1) is 0 Å². The highest BCUT2D eigenvalue weighted by Crippen LogP contribution is 2.38. The van der Waals surface area contributed by atoms with Gasteiger partial charge in [0.25, 0.3) is 5.91 Å². The van der Waals surface area contributed by atoms with Gasteiger partial charge in [-0.05, 0) is 22.8 Å². The number of benzene rings is 4. The zero-order valence-corrected chi connectivity index (χ0v) is 23.1. The molecule has 0 saturated carbocycles. The van der Waals surface area contributed by atoms with Gasteiger partial charge < -0.3 is 14.4 Å². The average molecular weight is 545 g/mol. The topological polar surface area (TPSA) is 76.2 Å². The Morgan fingerprint density at radius 2 is 1.08 bits per heavy atom. The van der Waals surface area contributed by atoms with Crippen LogP contribution in [0, 0.1) is 0 Å². The van der Waals surface area contributed by atoms with Crippen molar-refractivity contribution in [3.8, 4) is 11.5 Å². The summed E-state index contributed by atoms with van der Waals surface area (Å²) in [5.41, 5.74) is 3.10. The summed E-state index contributed by atoms with van der Waals surface area (Å²) in [6, 6.07) is 31.7. The molecule has 4 aromatic rings. The molecule has 1 amide bonds. The molecule has 8 heteroatoms. The van der Waals surface area contributed by atoms with Crippen LogP contribution in [0.5, 0.6) is 11.5 Å². The molecule has 4 rings (SSSR count). The normalized spacial score (nSPS) is 11.1. The molecule has 0 radical (unpaired) electrons. The molecule has 0 saturated heterocycles. The quantitative estimate of drug-likeness (QED) is 0.249. The summed E-state index contributed by atoms with van der Waals surface area (Å²) in [6.07, 6.45) is 1.13. The minimum absolute atomic E-state index is 0.0484. The van der Waals surface area contributed by atoms with Crippen LogP contribution >= 0.6 is 0 Å². The summed E-state index contributed by atoms with van der Waals surface area (Å²) >= 11 is 0. The number of amides is 1. The fourth-order valence-electron chi connectivity index (χ4n) is 4.35. The maximum absolute atomic E-state index is 14.3. The van der Waals surface area contributed by atoms with Gasteiger partial charge >= 0.3 is 0 Å². The highest BCUT2D eigenvalue weighted by molar-refractivity contribution is 7.92. The van der Waals surface area contributed by atoms with Gasteiger partial charge in [-0.1, -0.05) is 91.0 Å². The number of sulfonamides is 1. The number of ether oxygens (including phenoxy) is 2. The molecule has 0 unspecified atom stereocenters. The van der Waals surface area contributed by atoms with E-state index in [-0.39, 0.29) is 23.7 Å². The van der Waals surface area contributed by atoms with E-state index in [1.54, 1.807) is 17.0 Å². The monoisotopic (exact) mass is 544 g/mol. The van der Waals surface area contributed by atoms with Gasteiger partial charge in [0.2, 0.25) is 10.0 Å². The van der Waals surface area contributed by atoms with Crippen LogP contribution in [0.15, 0.2) is 103 Å². The van der Waals surface area contributed by atoms with Crippen molar-refractivity contribution in [3.05, 3.63) is 125 Å². The summed E-state index contributed by atoms with van der Waals surface area (Å²) < 4.78 is 38.6. The van der Waals surface area contributed by atoms with Gasteiger partial charge in [0.1, 0.15) is 0 Å². The van der Waals surface area contributed by atoms with Crippen LogP contribution < -0.4 is 13.8 Å². The van der Waals surface area contributed by atoms with E-state index >= 15 is 0 Å². The fraction of sp³-hybridized carbons (Fsp3) is 0.194. The standard InChI is InChI=1S/C31H32N2O5S/c1-37-29-19-27(28(20-30(29)38-2)33(39(3,35)36)23-26-17-11-6-12-18-26)31(34)32(21-24-13-7-4-8-14-24)22-25-15-9-5-10-16-25/h4-20H,21-23H2,1-3H3. The van der Waals surface area contributed by atoms with Crippen LogP contribution in [-0.4, -0.2) is 39.7 Å². The second-order valence-electron chi connectivity index (χ2n) is 9.11. The third-order valence-electron chi connectivity index (χ3n) is 6.29. The van der Waals surface area contributed by atoms with E-state index in [2.05, 4.69) is 0 Å². The fourth-order valence-corrected chi connectivity index (χ4v) is 5.25. The number of nitrogens with zero attached hydrogens (tertiary/aromatic N) is 2. The number of carbonyl (C=O) groups excluding carboxylic acids is 1. The average Bonchev–Trinajstić information content (AvgIpc) is 2.95. The number of hydrogen-bond acceptors (Lipinski definition) is 5. The van der Waals surface area contributed by atoms with Gasteiger partial charge in [0, 0.05) is 19.2 Å². The largest absolute Gasteiger partial charge is 0.493 e. The molecule has 202 valence electrons. The van der Waals surface area contributed by atoms with E-state index in [1.165, 1.54) is 18.5 Å². The Labute approximate surface area is 230 Å². The molecule has 0 bridgehead atoms. The third-order valence-corrected chi connectivity index (χ3v) is 7.42. The Morgan fingerprint density at radius 1 is 0.667 bits per heavy atom. The van der Waals surface area contributed by atoms with Crippen LogP contribution in [0.4, 0.5) is 5.69 Å². The van der Waals surface area contributed by atoms with E-state index in [0.717, 1.165) is 22.9 Å². The van der Waals surface area contributed by atoms with E-state index in [0.29, 0.717) is 24.6 Å². The van der Waals surface area contributed by atoms with Gasteiger partial charge in [-0.3, -0.25) is 9.10 Å². The molecule has 0 fully saturated rings. The Morgan fingerprint density at radius 3 is 1.49 bits per heavy atom. The molecule has 0 aliphatic rings. The Kier molecular flexibility index (Phi) is 8.88. The molecule has 39 heavy (non-hydrogen) atoms. The van der Waals surface area contributed by atoms with Gasteiger partial charge in [0.05, 0.1) is 38.3 Å². The number of hydrogen-bond donors (Lipinski definition) is 0. The van der Waals surface area contributed by atoms with Crippen molar-refractivity contribution < 1.29 is 22.7 Å². The first-order chi connectivity index (χ1) is 18.8. The summed E-state index contributed by atoms with van der Waals surface area (Å²) in [4.78, 5) is 16.0. The van der Waals surface area contributed by atoms with Crippen LogP contribution in [0.1, 0.15) is 27.0 Å². The molecule has 0 aromatic heterocycles. The second-order valence-corrected chi connectivity index (χ2v) is 11.0. The van der Waals surface area contributed by atoms with Crippen LogP contribution in [-0.2, 0) is 29.7 Å². The minimum atomic E-state index is -3.79. The second kappa shape index (κ2) is 12.5. The molecule has 0 spiro atoms. The SMILES string of the molecule is COc1cc(C(=O)N(Cc2ccccc2)Cc2ccccc2)c(N(Cc2ccccc2)S(C)(=O)=O)cc1OC. The predicted molar refractivity (Wildman–Crippen MR) is 153 cm³/mol. The van der Waals surface area contributed by atoms with Crippen molar-refractivity contribution >= 4 is 21.6 Å². The molecule has 0 atom stereocenters. The first-order valence-electron chi connectivity index (χ1n) is 12.4. The number of methoxy groups -OCH3 is 2. The molecular weight excluding hydrogens is 512 g/mol. The lowest BCUT2D eigenvalue weighted by Gasteiger charge is -2.29. The van der Waals surface area contributed by atoms with Crippen molar-refractivity contribution in [3.63, 3.8) is 0 Å². The lowest BCUT2D eigenvalue weighted by Crippen LogP contribution is -2.34. The van der Waals surface area contributed by atoms with Gasteiger partial charge in [-0.2, -0.15) is 0 Å². The van der Waals surface area contributed by atoms with Crippen molar-refractivity contribution in [2.24, 2.45) is 0 Å². The highest BCUT2D eigenvalue weighted by Gasteiger charge is 2.29. The van der Waals surface area contributed by atoms with Crippen LogP contribution in [0.25, 0.3) is 0 Å². The maximum Gasteiger partial charge on any atom is 0.256 e. The first-order valence-corrected chi connectivity index (χ1v) is 14.3. The molecule has 0 aliphatic carbocycles. The summed E-state index contributed by atoms with van der Waals surface area (Å²) in [5, 5.41) is 0. The summed E-state index contributed by atoms with van der Waals surface area (Å²) in [5.74, 6) is 0.320. The van der Waals surface area contributed by atoms with E-state index < -0.39 is 10.0 Å². The van der Waals surface area contributed by atoms with Gasteiger partial charge in [-0.25, -0.2) is 8.42 Å². The van der Waals surface area contributed by atoms with Crippen molar-refractivity contribution in [2.75, 3.05) is 24.8 Å². The van der Waals surface area contributed by atoms with Crippen molar-refractivity contribution in [1.29, 1.82) is 0 Å². The molecule has 0 N–H and O–H groups in total. The molecular formula is C31H32N2O5S. The zero-order chi connectivity index (χ0) is 27.8. The number of rotatable bonds is 11. The van der Waals surface area contributed by atoms with Gasteiger partial charge in [0.15, 0.2) is 11.5 Å². The number of anilines is 1. The molecule has 0 heterocycles. The first kappa shape index (κ1) is 27.7. The molecule has 4 aromatic carbocycles. The third kappa shape index (κ3) is 6.97. The Balaban J connectivity index is 1.85. The molecule has 7 nitrogen and oxygen atoms in total. The Bertz CT molecular complexity index is 1450. The maximum atomic E-state index is 14.3. The number of carbonyl (C=O) groups is 1. The minimum Gasteiger partial charge on any atom is -0.493 e. The lowest BCUT2D eigenvalue weighted by molar-refractivity contribution is 0.0730. The zero-order valence-electron chi connectivity index (χ0n) is 22.3. The summed E-state index contributed by atoms with van der Waals surface area (Å²) in [7, 11) is -0.838. The smallest absolute Gasteiger partial charge is 0.256 e. The van der Waals surface area contributed by atoms with Crippen LogP contribution in [0.3, 0.4) is 0 Å². The predicted octanol–water partition coefficient (Wildman–Crippen LogP) is 5.51. The lowest BCUT2D eigenvalue weighted by atomic mass is 10.1. The van der Waals surface area contributed by atoms with Crippen LogP contribution in [0.2, 0.25) is 0 Å². The summed E-state index contributed by atoms with van der Waals surface area (Å²) in [6.45, 7) is 0.715. The van der Waals surface area contributed by atoms with Crippen molar-refractivity contribution in [1.82, 2.24) is 4.90 Å². The van der Waals surface area contributed by atoms with E-state index in [9.17, 15) is 13.2 Å².